The van der Waals surface area contributed by atoms with Crippen LogP contribution in [0.4, 0.5) is 0 Å². The molecule has 0 bridgehead atoms. The van der Waals surface area contributed by atoms with Gasteiger partial charge in [0.25, 0.3) is 0 Å². The van der Waals surface area contributed by atoms with Gasteiger partial charge in [0.1, 0.15) is 11.6 Å². The molecule has 1 fully saturated rings. The van der Waals surface area contributed by atoms with Crippen LogP contribution in [0, 0.1) is 5.92 Å². The van der Waals surface area contributed by atoms with Crippen LogP contribution in [0.15, 0.2) is 18.2 Å². The Balaban J connectivity index is 1.99. The van der Waals surface area contributed by atoms with Gasteiger partial charge in [0.2, 0.25) is 0 Å². The molecule has 20 heavy (non-hydrogen) atoms. The average Bonchev–Trinajstić information content (AvgIpc) is 3.08. The predicted molar refractivity (Wildman–Crippen MR) is 82.7 cm³/mol. The van der Waals surface area contributed by atoms with E-state index in [0.717, 1.165) is 36.0 Å². The molecule has 0 spiro atoms. The number of imidazole rings is 1. The summed E-state index contributed by atoms with van der Waals surface area (Å²) >= 11 is 5.93. The first-order valence-corrected chi connectivity index (χ1v) is 7.94. The number of aromatic nitrogens is 2. The third-order valence-electron chi connectivity index (χ3n) is 4.27. The van der Waals surface area contributed by atoms with Crippen molar-refractivity contribution < 1.29 is 4.74 Å². The van der Waals surface area contributed by atoms with Crippen molar-refractivity contribution in [3.8, 4) is 5.75 Å². The predicted octanol–water partition coefficient (Wildman–Crippen LogP) is 4.02. The molecule has 1 saturated carbocycles. The second-order valence-electron chi connectivity index (χ2n) is 5.58. The number of nitrogens with zero attached hydrogens (tertiary/aromatic N) is 2. The quantitative estimate of drug-likeness (QED) is 0.778. The van der Waals surface area contributed by atoms with E-state index in [-0.39, 0.29) is 0 Å². The molecule has 0 unspecified atom stereocenters. The molecule has 2 aromatic rings. The number of hydrogen-bond acceptors (Lipinski definition) is 2. The highest BCUT2D eigenvalue weighted by Crippen LogP contribution is 2.29. The maximum absolute atomic E-state index is 5.93. The summed E-state index contributed by atoms with van der Waals surface area (Å²) in [6.07, 6.45) is 6.25. The number of halogens is 1. The van der Waals surface area contributed by atoms with Gasteiger partial charge >= 0.3 is 0 Å². The van der Waals surface area contributed by atoms with E-state index < -0.39 is 0 Å². The van der Waals surface area contributed by atoms with Crippen molar-refractivity contribution in [3.05, 3.63) is 24.0 Å². The summed E-state index contributed by atoms with van der Waals surface area (Å²) in [5.41, 5.74) is 2.22. The molecule has 1 heterocycles. The van der Waals surface area contributed by atoms with Gasteiger partial charge in [0, 0.05) is 24.9 Å². The van der Waals surface area contributed by atoms with E-state index in [9.17, 15) is 0 Å². The molecule has 0 radical (unpaired) electrons. The lowest BCUT2D eigenvalue weighted by atomic mass is 10.1. The van der Waals surface area contributed by atoms with Gasteiger partial charge in [-0.05, 0) is 30.9 Å². The fourth-order valence-electron chi connectivity index (χ4n) is 3.22. The van der Waals surface area contributed by atoms with Crippen molar-refractivity contribution in [2.75, 3.05) is 13.0 Å². The summed E-state index contributed by atoms with van der Waals surface area (Å²) in [4.78, 5) is 4.75. The minimum absolute atomic E-state index is 0.616. The molecule has 1 aromatic heterocycles. The van der Waals surface area contributed by atoms with Crippen LogP contribution in [0.2, 0.25) is 0 Å². The molecular weight excluding hydrogens is 272 g/mol. The van der Waals surface area contributed by atoms with Crippen LogP contribution in [0.5, 0.6) is 5.75 Å². The highest BCUT2D eigenvalue weighted by atomic mass is 35.5. The molecule has 0 amide bonds. The first-order valence-electron chi connectivity index (χ1n) is 7.41. The van der Waals surface area contributed by atoms with E-state index in [1.54, 1.807) is 7.11 Å². The average molecular weight is 293 g/mol. The lowest BCUT2D eigenvalue weighted by molar-refractivity contribution is 0.415. The van der Waals surface area contributed by atoms with Crippen molar-refractivity contribution in [3.63, 3.8) is 0 Å². The first-order chi connectivity index (χ1) is 9.81. The Morgan fingerprint density at radius 2 is 2.15 bits per heavy atom. The van der Waals surface area contributed by atoms with Crippen LogP contribution in [-0.4, -0.2) is 22.5 Å². The van der Waals surface area contributed by atoms with E-state index in [1.807, 2.05) is 12.1 Å². The van der Waals surface area contributed by atoms with Gasteiger partial charge in [-0.1, -0.05) is 12.8 Å². The molecule has 1 aromatic carbocycles. The van der Waals surface area contributed by atoms with Crippen molar-refractivity contribution in [2.24, 2.45) is 5.92 Å². The molecule has 3 nitrogen and oxygen atoms in total. The lowest BCUT2D eigenvalue weighted by Gasteiger charge is -2.14. The number of rotatable bonds is 5. The summed E-state index contributed by atoms with van der Waals surface area (Å²) in [6, 6.07) is 6.14. The normalized spacial score (nSPS) is 16.1. The molecule has 1 aliphatic rings. The Labute approximate surface area is 124 Å². The van der Waals surface area contributed by atoms with Crippen molar-refractivity contribution in [1.82, 2.24) is 9.55 Å². The Bertz CT molecular complexity index is 587. The topological polar surface area (TPSA) is 27.1 Å². The lowest BCUT2D eigenvalue weighted by Crippen LogP contribution is -2.11. The van der Waals surface area contributed by atoms with Gasteiger partial charge in [0.05, 0.1) is 18.1 Å². The van der Waals surface area contributed by atoms with Crippen LogP contribution in [0.3, 0.4) is 0 Å². The highest BCUT2D eigenvalue weighted by molar-refractivity contribution is 6.17. The number of alkyl halides is 1. The molecule has 0 saturated heterocycles. The van der Waals surface area contributed by atoms with Crippen LogP contribution in [-0.2, 0) is 13.0 Å². The molecule has 1 aliphatic carbocycles. The first kappa shape index (κ1) is 13.7. The molecule has 0 aliphatic heterocycles. The molecule has 108 valence electrons. The smallest absolute Gasteiger partial charge is 0.121 e. The van der Waals surface area contributed by atoms with E-state index in [1.165, 1.54) is 31.2 Å². The summed E-state index contributed by atoms with van der Waals surface area (Å²) in [5.74, 6) is 3.38. The minimum atomic E-state index is 0.616. The minimum Gasteiger partial charge on any atom is -0.497 e. The summed E-state index contributed by atoms with van der Waals surface area (Å²) < 4.78 is 7.66. The third kappa shape index (κ3) is 2.64. The number of aryl methyl sites for hydroxylation is 1. The molecule has 3 rings (SSSR count). The Morgan fingerprint density at radius 1 is 1.35 bits per heavy atom. The maximum atomic E-state index is 5.93. The number of hydrogen-bond donors (Lipinski definition) is 0. The van der Waals surface area contributed by atoms with E-state index in [2.05, 4.69) is 10.6 Å². The van der Waals surface area contributed by atoms with E-state index in [4.69, 9.17) is 21.3 Å². The second-order valence-corrected chi connectivity index (χ2v) is 5.96. The molecular formula is C16H21ClN2O. The Kier molecular flexibility index (Phi) is 4.16. The molecule has 4 heteroatoms. The molecule has 0 N–H and O–H groups in total. The monoisotopic (exact) mass is 292 g/mol. The van der Waals surface area contributed by atoms with Crippen molar-refractivity contribution in [2.45, 2.75) is 38.6 Å². The van der Waals surface area contributed by atoms with Gasteiger partial charge in [-0.25, -0.2) is 4.98 Å². The van der Waals surface area contributed by atoms with Gasteiger partial charge < -0.3 is 9.30 Å². The number of fused-ring (bicyclic) bond motifs is 1. The van der Waals surface area contributed by atoms with Crippen molar-refractivity contribution in [1.29, 1.82) is 0 Å². The van der Waals surface area contributed by atoms with Crippen LogP contribution in [0.1, 0.15) is 31.5 Å². The standard InChI is InChI=1S/C16H21ClN2O/c1-20-13-6-7-15-14(10-13)18-16(8-9-17)19(15)11-12-4-2-3-5-12/h6-7,10,12H,2-5,8-9,11H2,1H3. The van der Waals surface area contributed by atoms with Crippen LogP contribution >= 0.6 is 11.6 Å². The highest BCUT2D eigenvalue weighted by Gasteiger charge is 2.19. The second kappa shape index (κ2) is 6.04. The third-order valence-corrected chi connectivity index (χ3v) is 4.46. The summed E-state index contributed by atoms with van der Waals surface area (Å²) in [7, 11) is 1.69. The van der Waals surface area contributed by atoms with Crippen LogP contribution in [0.25, 0.3) is 11.0 Å². The number of methoxy groups -OCH3 is 1. The van der Waals surface area contributed by atoms with Gasteiger partial charge in [-0.2, -0.15) is 0 Å². The van der Waals surface area contributed by atoms with Gasteiger partial charge in [0.15, 0.2) is 0 Å². The zero-order valence-corrected chi connectivity index (χ0v) is 12.7. The van der Waals surface area contributed by atoms with Crippen LogP contribution < -0.4 is 4.74 Å². The zero-order valence-electron chi connectivity index (χ0n) is 11.9. The Hall–Kier alpha value is -1.22. The fourth-order valence-corrected chi connectivity index (χ4v) is 3.39. The fraction of sp³-hybridized carbons (Fsp3) is 0.562. The largest absolute Gasteiger partial charge is 0.497 e. The van der Waals surface area contributed by atoms with E-state index >= 15 is 0 Å². The SMILES string of the molecule is COc1ccc2c(c1)nc(CCCl)n2CC1CCCC1. The number of benzene rings is 1. The van der Waals surface area contributed by atoms with E-state index in [0.29, 0.717) is 5.88 Å². The van der Waals surface area contributed by atoms with Gasteiger partial charge in [-0.3, -0.25) is 0 Å². The summed E-state index contributed by atoms with van der Waals surface area (Å²) in [5, 5.41) is 0. The zero-order chi connectivity index (χ0) is 13.9. The molecule has 0 atom stereocenters. The number of ether oxygens (including phenoxy) is 1. The Morgan fingerprint density at radius 3 is 2.85 bits per heavy atom. The van der Waals surface area contributed by atoms with Crippen molar-refractivity contribution >= 4 is 22.6 Å². The summed E-state index contributed by atoms with van der Waals surface area (Å²) in [6.45, 7) is 1.08. The maximum Gasteiger partial charge on any atom is 0.121 e. The van der Waals surface area contributed by atoms with Gasteiger partial charge in [-0.15, -0.1) is 11.6 Å².